The van der Waals surface area contributed by atoms with Crippen molar-refractivity contribution in [2.45, 2.75) is 12.9 Å². The number of carbonyl (C=O) groups excluding carboxylic acids is 3. The minimum Gasteiger partial charge on any atom is -0.484 e. The van der Waals surface area contributed by atoms with Crippen LogP contribution in [-0.2, 0) is 25.7 Å². The number of rotatable bonds is 10. The van der Waals surface area contributed by atoms with Gasteiger partial charge in [0.05, 0.1) is 0 Å². The van der Waals surface area contributed by atoms with E-state index in [-0.39, 0.29) is 18.7 Å². The van der Waals surface area contributed by atoms with E-state index in [1.807, 2.05) is 0 Å². The molecular formula is C20H19F3N2O6. The van der Waals surface area contributed by atoms with E-state index in [0.29, 0.717) is 5.75 Å². The van der Waals surface area contributed by atoms with Crippen molar-refractivity contribution in [3.05, 3.63) is 60.2 Å². The molecule has 0 bridgehead atoms. The molecule has 0 heterocycles. The van der Waals surface area contributed by atoms with Gasteiger partial charge in [-0.15, -0.1) is 13.2 Å². The molecule has 31 heavy (non-hydrogen) atoms. The monoisotopic (exact) mass is 440 g/mol. The van der Waals surface area contributed by atoms with Crippen LogP contribution < -0.4 is 20.1 Å². The smallest absolute Gasteiger partial charge is 0.484 e. The summed E-state index contributed by atoms with van der Waals surface area (Å²) in [6.07, 6.45) is -4.87. The van der Waals surface area contributed by atoms with Gasteiger partial charge in [0.15, 0.2) is 13.2 Å². The van der Waals surface area contributed by atoms with E-state index in [9.17, 15) is 27.6 Å². The molecule has 0 aliphatic rings. The molecular weight excluding hydrogens is 421 g/mol. The van der Waals surface area contributed by atoms with Crippen LogP contribution in [0.15, 0.2) is 54.6 Å². The lowest BCUT2D eigenvalue weighted by Gasteiger charge is -2.13. The van der Waals surface area contributed by atoms with Crippen molar-refractivity contribution in [1.82, 2.24) is 10.6 Å². The fourth-order valence-corrected chi connectivity index (χ4v) is 2.20. The number of esters is 1. The third-order valence-corrected chi connectivity index (χ3v) is 3.58. The first-order valence-electron chi connectivity index (χ1n) is 8.93. The predicted molar refractivity (Wildman–Crippen MR) is 101 cm³/mol. The molecule has 0 aliphatic heterocycles. The van der Waals surface area contributed by atoms with Gasteiger partial charge in [0, 0.05) is 12.1 Å². The lowest BCUT2D eigenvalue weighted by Crippen LogP contribution is -2.36. The molecule has 0 atom stereocenters. The van der Waals surface area contributed by atoms with Crippen LogP contribution in [-0.4, -0.2) is 43.9 Å². The normalized spacial score (nSPS) is 10.7. The van der Waals surface area contributed by atoms with E-state index in [0.717, 1.165) is 6.07 Å². The summed E-state index contributed by atoms with van der Waals surface area (Å²) in [6.45, 7) is -1.72. The number of halogens is 3. The zero-order valence-electron chi connectivity index (χ0n) is 16.1. The Hall–Kier alpha value is -3.76. The molecule has 2 N–H and O–H groups in total. The summed E-state index contributed by atoms with van der Waals surface area (Å²) >= 11 is 0. The largest absolute Gasteiger partial charge is 0.573 e. The third kappa shape index (κ3) is 9.52. The highest BCUT2D eigenvalue weighted by Crippen LogP contribution is 2.26. The van der Waals surface area contributed by atoms with E-state index in [1.165, 1.54) is 18.2 Å². The predicted octanol–water partition coefficient (Wildman–Crippen LogP) is 1.94. The quantitative estimate of drug-likeness (QED) is 0.548. The van der Waals surface area contributed by atoms with Gasteiger partial charge >= 0.3 is 12.3 Å². The van der Waals surface area contributed by atoms with Crippen LogP contribution in [0.3, 0.4) is 0 Å². The number of carbonyl (C=O) groups is 3. The van der Waals surface area contributed by atoms with Crippen LogP contribution in [0.2, 0.25) is 0 Å². The molecule has 2 amide bonds. The second-order valence-electron chi connectivity index (χ2n) is 5.97. The zero-order valence-corrected chi connectivity index (χ0v) is 16.1. The summed E-state index contributed by atoms with van der Waals surface area (Å²) in [5.41, 5.74) is 0.0881. The van der Waals surface area contributed by atoms with Gasteiger partial charge < -0.3 is 24.8 Å². The van der Waals surface area contributed by atoms with Crippen molar-refractivity contribution in [3.63, 3.8) is 0 Å². The Balaban J connectivity index is 1.66. The van der Waals surface area contributed by atoms with Crippen molar-refractivity contribution in [1.29, 1.82) is 0 Å². The van der Waals surface area contributed by atoms with Crippen LogP contribution >= 0.6 is 0 Å². The maximum atomic E-state index is 12.4. The maximum absolute atomic E-state index is 12.4. The Bertz CT molecular complexity index is 890. The van der Waals surface area contributed by atoms with Crippen molar-refractivity contribution in [2.24, 2.45) is 0 Å². The molecule has 0 radical (unpaired) electrons. The average molecular weight is 440 g/mol. The van der Waals surface area contributed by atoms with Crippen molar-refractivity contribution < 1.29 is 41.8 Å². The first kappa shape index (κ1) is 23.5. The minimum atomic E-state index is -4.87. The molecule has 8 nitrogen and oxygen atoms in total. The molecule has 11 heteroatoms. The molecule has 2 rings (SSSR count). The number of alkyl halides is 3. The average Bonchev–Trinajstić information content (AvgIpc) is 2.73. The van der Waals surface area contributed by atoms with E-state index in [1.54, 1.807) is 30.3 Å². The van der Waals surface area contributed by atoms with Crippen molar-refractivity contribution >= 4 is 17.8 Å². The topological polar surface area (TPSA) is 103 Å². The van der Waals surface area contributed by atoms with Gasteiger partial charge in [0.1, 0.15) is 18.0 Å². The summed E-state index contributed by atoms with van der Waals surface area (Å²) in [4.78, 5) is 35.0. The van der Waals surface area contributed by atoms with Crippen molar-refractivity contribution in [2.75, 3.05) is 19.8 Å². The Morgan fingerprint density at radius 1 is 0.839 bits per heavy atom. The van der Waals surface area contributed by atoms with Gasteiger partial charge in [0.2, 0.25) is 0 Å². The molecule has 0 fully saturated rings. The maximum Gasteiger partial charge on any atom is 0.573 e. The second-order valence-corrected chi connectivity index (χ2v) is 5.97. The number of nitrogens with one attached hydrogen (secondary N) is 2. The Kier molecular flexibility index (Phi) is 8.67. The van der Waals surface area contributed by atoms with Gasteiger partial charge in [-0.05, 0) is 18.2 Å². The van der Waals surface area contributed by atoms with Crippen LogP contribution in [0.25, 0.3) is 0 Å². The van der Waals surface area contributed by atoms with Gasteiger partial charge in [-0.3, -0.25) is 14.4 Å². The van der Waals surface area contributed by atoms with Crippen LogP contribution in [0.1, 0.15) is 5.56 Å². The van der Waals surface area contributed by atoms with E-state index in [4.69, 9.17) is 9.47 Å². The Labute approximate surface area is 175 Å². The highest BCUT2D eigenvalue weighted by atomic mass is 19.4. The fourth-order valence-electron chi connectivity index (χ4n) is 2.20. The fraction of sp³-hybridized carbons (Fsp3) is 0.250. The van der Waals surface area contributed by atoms with Gasteiger partial charge in [0.25, 0.3) is 11.8 Å². The Morgan fingerprint density at radius 2 is 1.48 bits per heavy atom. The van der Waals surface area contributed by atoms with Gasteiger partial charge in [-0.1, -0.05) is 36.4 Å². The van der Waals surface area contributed by atoms with E-state index >= 15 is 0 Å². The third-order valence-electron chi connectivity index (χ3n) is 3.58. The number of amides is 2. The lowest BCUT2D eigenvalue weighted by atomic mass is 10.2. The number of hydrogen-bond donors (Lipinski definition) is 2. The number of hydrogen-bond acceptors (Lipinski definition) is 6. The molecule has 0 saturated heterocycles. The van der Waals surface area contributed by atoms with Crippen molar-refractivity contribution in [3.8, 4) is 11.5 Å². The van der Waals surface area contributed by atoms with Crippen LogP contribution in [0.4, 0.5) is 13.2 Å². The molecule has 0 spiro atoms. The molecule has 2 aromatic rings. The van der Waals surface area contributed by atoms with E-state index < -0.39 is 43.0 Å². The Morgan fingerprint density at radius 3 is 2.19 bits per heavy atom. The van der Waals surface area contributed by atoms with E-state index in [2.05, 4.69) is 15.4 Å². The summed E-state index contributed by atoms with van der Waals surface area (Å²) in [6, 6.07) is 13.9. The number of ether oxygens (including phenoxy) is 3. The standard InChI is InChI=1S/C20H19F3N2O6/c21-20(22,23)31-16-9-5-4-6-14(16)10-24-18(27)13-30-19(28)11-25-17(26)12-29-15-7-2-1-3-8-15/h1-9H,10-13H2,(H,24,27)(H,25,26). The van der Waals surface area contributed by atoms with Gasteiger partial charge in [-0.25, -0.2) is 0 Å². The molecule has 0 saturated carbocycles. The summed E-state index contributed by atoms with van der Waals surface area (Å²) in [7, 11) is 0. The number of benzene rings is 2. The molecule has 0 aliphatic carbocycles. The first-order valence-corrected chi connectivity index (χ1v) is 8.93. The molecule has 2 aromatic carbocycles. The molecule has 166 valence electrons. The van der Waals surface area contributed by atoms with Crippen LogP contribution in [0.5, 0.6) is 11.5 Å². The molecule has 0 unspecified atom stereocenters. The summed E-state index contributed by atoms with van der Waals surface area (Å²) < 4.78 is 50.9. The molecule has 0 aromatic heterocycles. The highest BCUT2D eigenvalue weighted by Gasteiger charge is 2.32. The highest BCUT2D eigenvalue weighted by molar-refractivity contribution is 5.84. The van der Waals surface area contributed by atoms with Crippen LogP contribution in [0, 0.1) is 0 Å². The SMILES string of the molecule is O=C(COC(=O)CNC(=O)COc1ccccc1)NCc1ccccc1OC(F)(F)F. The van der Waals surface area contributed by atoms with Gasteiger partial charge in [-0.2, -0.15) is 0 Å². The summed E-state index contributed by atoms with van der Waals surface area (Å²) in [5.74, 6) is -2.14. The number of para-hydroxylation sites is 2. The zero-order chi connectivity index (χ0) is 22.7. The second kappa shape index (κ2) is 11.4. The summed E-state index contributed by atoms with van der Waals surface area (Å²) in [5, 5.41) is 4.58. The first-order chi connectivity index (χ1) is 14.7. The minimum absolute atomic E-state index is 0.0881. The lowest BCUT2D eigenvalue weighted by molar-refractivity contribution is -0.274.